The van der Waals surface area contributed by atoms with E-state index in [1.807, 2.05) is 24.3 Å². The molecule has 0 amide bonds. The van der Waals surface area contributed by atoms with Crippen LogP contribution in [0.15, 0.2) is 71.3 Å². The molecule has 0 aliphatic carbocycles. The lowest BCUT2D eigenvalue weighted by molar-refractivity contribution is 0.101. The van der Waals surface area contributed by atoms with Gasteiger partial charge >= 0.3 is 0 Å². The molecule has 129 valence electrons. The Morgan fingerprint density at radius 1 is 1.00 bits per heavy atom. The van der Waals surface area contributed by atoms with Crippen LogP contribution in [0.4, 0.5) is 4.39 Å². The Kier molecular flexibility index (Phi) is 3.66. The number of fused-ring (bicyclic) bond motifs is 2. The van der Waals surface area contributed by atoms with Crippen molar-refractivity contribution in [2.45, 2.75) is 4.90 Å². The molecule has 1 aliphatic heterocycles. The van der Waals surface area contributed by atoms with Crippen molar-refractivity contribution in [3.8, 4) is 0 Å². The van der Waals surface area contributed by atoms with E-state index in [1.54, 1.807) is 18.2 Å². The lowest BCUT2D eigenvalue weighted by Gasteiger charge is -2.26. The summed E-state index contributed by atoms with van der Waals surface area (Å²) in [6, 6.07) is 16.0. The SMILES string of the molecule is CN1C(C(=O)c2ccc3ccccc3c2)=[C]c2cc(F)ccc2S1(=O)=O. The summed E-state index contributed by atoms with van der Waals surface area (Å²) in [7, 11) is -2.64. The topological polar surface area (TPSA) is 54.5 Å². The number of ketones is 1. The smallest absolute Gasteiger partial charge is 0.264 e. The van der Waals surface area contributed by atoms with Crippen molar-refractivity contribution in [1.82, 2.24) is 4.31 Å². The zero-order valence-electron chi connectivity index (χ0n) is 13.7. The second kappa shape index (κ2) is 5.78. The molecule has 0 spiro atoms. The quantitative estimate of drug-likeness (QED) is 0.652. The van der Waals surface area contributed by atoms with Crippen molar-refractivity contribution in [2.24, 2.45) is 0 Å². The fraction of sp³-hybridized carbons (Fsp3) is 0.0500. The predicted molar refractivity (Wildman–Crippen MR) is 95.5 cm³/mol. The molecule has 0 fully saturated rings. The van der Waals surface area contributed by atoms with Crippen LogP contribution in [0, 0.1) is 11.9 Å². The zero-order valence-corrected chi connectivity index (χ0v) is 14.5. The second-order valence-electron chi connectivity index (χ2n) is 5.98. The lowest BCUT2D eigenvalue weighted by Crippen LogP contribution is -2.33. The van der Waals surface area contributed by atoms with Gasteiger partial charge in [0.15, 0.2) is 0 Å². The first-order chi connectivity index (χ1) is 12.4. The number of halogens is 1. The monoisotopic (exact) mass is 366 g/mol. The van der Waals surface area contributed by atoms with Gasteiger partial charge in [0.2, 0.25) is 5.78 Å². The molecule has 1 aliphatic rings. The molecule has 0 saturated heterocycles. The summed E-state index contributed by atoms with van der Waals surface area (Å²) in [6.07, 6.45) is 2.76. The first-order valence-corrected chi connectivity index (χ1v) is 9.28. The molecule has 4 rings (SSSR count). The molecule has 0 atom stereocenters. The Morgan fingerprint density at radius 2 is 1.73 bits per heavy atom. The van der Waals surface area contributed by atoms with Gasteiger partial charge in [-0.3, -0.25) is 9.10 Å². The van der Waals surface area contributed by atoms with Crippen LogP contribution in [0.3, 0.4) is 0 Å². The van der Waals surface area contributed by atoms with Gasteiger partial charge in [0.25, 0.3) is 10.0 Å². The van der Waals surface area contributed by atoms with Crippen LogP contribution in [0.5, 0.6) is 0 Å². The fourth-order valence-corrected chi connectivity index (χ4v) is 4.26. The summed E-state index contributed by atoms with van der Waals surface area (Å²) in [6.45, 7) is 0. The maximum atomic E-state index is 13.5. The molecule has 1 heterocycles. The van der Waals surface area contributed by atoms with Crippen molar-refractivity contribution in [3.05, 3.63) is 89.4 Å². The van der Waals surface area contributed by atoms with Gasteiger partial charge in [-0.05, 0) is 35.0 Å². The molecule has 26 heavy (non-hydrogen) atoms. The van der Waals surface area contributed by atoms with Gasteiger partial charge in [-0.15, -0.1) is 0 Å². The van der Waals surface area contributed by atoms with E-state index in [1.165, 1.54) is 13.1 Å². The molecule has 0 saturated carbocycles. The number of nitrogens with zero attached hydrogens (tertiary/aromatic N) is 1. The van der Waals surface area contributed by atoms with Crippen molar-refractivity contribution >= 4 is 26.6 Å². The van der Waals surface area contributed by atoms with Gasteiger partial charge in [-0.25, -0.2) is 12.8 Å². The van der Waals surface area contributed by atoms with Crippen molar-refractivity contribution in [3.63, 3.8) is 0 Å². The average Bonchev–Trinajstić information content (AvgIpc) is 2.63. The highest BCUT2D eigenvalue weighted by molar-refractivity contribution is 7.89. The molecular weight excluding hydrogens is 353 g/mol. The first kappa shape index (κ1) is 16.5. The number of hydrogen-bond donors (Lipinski definition) is 0. The van der Waals surface area contributed by atoms with Crippen molar-refractivity contribution < 1.29 is 17.6 Å². The van der Waals surface area contributed by atoms with E-state index in [0.29, 0.717) is 5.56 Å². The summed E-state index contributed by atoms with van der Waals surface area (Å²) in [4.78, 5) is 12.9. The van der Waals surface area contributed by atoms with Crippen LogP contribution in [0.2, 0.25) is 0 Å². The molecule has 4 nitrogen and oxygen atoms in total. The minimum Gasteiger partial charge on any atom is -0.287 e. The number of likely N-dealkylation sites (N-methyl/N-ethyl adjacent to an activating group) is 1. The van der Waals surface area contributed by atoms with Crippen LogP contribution in [-0.4, -0.2) is 25.6 Å². The van der Waals surface area contributed by atoms with Gasteiger partial charge in [-0.1, -0.05) is 36.4 Å². The number of allylic oxidation sites excluding steroid dienone is 1. The van der Waals surface area contributed by atoms with Crippen LogP contribution < -0.4 is 0 Å². The predicted octanol–water partition coefficient (Wildman–Crippen LogP) is 3.53. The maximum Gasteiger partial charge on any atom is 0.264 e. The van der Waals surface area contributed by atoms with E-state index >= 15 is 0 Å². The molecule has 0 unspecified atom stereocenters. The largest absolute Gasteiger partial charge is 0.287 e. The van der Waals surface area contributed by atoms with Crippen LogP contribution in [-0.2, 0) is 10.0 Å². The molecule has 1 radical (unpaired) electrons. The van der Waals surface area contributed by atoms with E-state index in [4.69, 9.17) is 0 Å². The number of rotatable bonds is 2. The third-order valence-electron chi connectivity index (χ3n) is 4.37. The Morgan fingerprint density at radius 3 is 2.50 bits per heavy atom. The van der Waals surface area contributed by atoms with Gasteiger partial charge in [0, 0.05) is 24.3 Å². The van der Waals surface area contributed by atoms with Crippen molar-refractivity contribution in [2.75, 3.05) is 7.05 Å². The highest BCUT2D eigenvalue weighted by Gasteiger charge is 2.33. The Bertz CT molecular complexity index is 1200. The minimum absolute atomic E-state index is 0.0484. The highest BCUT2D eigenvalue weighted by atomic mass is 32.2. The van der Waals surface area contributed by atoms with Crippen LogP contribution in [0.1, 0.15) is 15.9 Å². The molecule has 3 aromatic rings. The van der Waals surface area contributed by atoms with Crippen LogP contribution in [0.25, 0.3) is 10.8 Å². The molecule has 0 bridgehead atoms. The fourth-order valence-electron chi connectivity index (χ4n) is 2.97. The summed E-state index contributed by atoms with van der Waals surface area (Å²) in [5.41, 5.74) is 0.249. The van der Waals surface area contributed by atoms with Gasteiger partial charge in [0.1, 0.15) is 11.5 Å². The molecule has 0 N–H and O–H groups in total. The minimum atomic E-state index is -3.94. The number of Topliss-reactive ketones (excluding diaryl/α,β-unsaturated/α-hetero) is 1. The average molecular weight is 366 g/mol. The van der Waals surface area contributed by atoms with E-state index in [0.717, 1.165) is 27.2 Å². The summed E-state index contributed by atoms with van der Waals surface area (Å²) >= 11 is 0. The number of carbonyl (C=O) groups excluding carboxylic acids is 1. The normalized spacial score (nSPS) is 15.5. The Balaban J connectivity index is 1.86. The number of benzene rings is 3. The summed E-state index contributed by atoms with van der Waals surface area (Å²) in [5.74, 6) is -1.08. The number of sulfonamides is 1. The Hall–Kier alpha value is -2.99. The standard InChI is InChI=1S/C20H13FNO3S/c1-22-18(12-16-11-17(21)8-9-19(16)26(22,24)25)20(23)15-7-6-13-4-2-3-5-14(13)10-15/h2-11H,1H3. The van der Waals surface area contributed by atoms with E-state index in [-0.39, 0.29) is 16.2 Å². The summed E-state index contributed by atoms with van der Waals surface area (Å²) < 4.78 is 39.7. The van der Waals surface area contributed by atoms with Crippen molar-refractivity contribution in [1.29, 1.82) is 0 Å². The number of carbonyl (C=O) groups is 1. The summed E-state index contributed by atoms with van der Waals surface area (Å²) in [5, 5.41) is 1.84. The first-order valence-electron chi connectivity index (χ1n) is 7.84. The van der Waals surface area contributed by atoms with E-state index in [9.17, 15) is 17.6 Å². The highest BCUT2D eigenvalue weighted by Crippen LogP contribution is 2.31. The molecule has 3 aromatic carbocycles. The van der Waals surface area contributed by atoms with Gasteiger partial charge in [-0.2, -0.15) is 0 Å². The molecule has 0 aromatic heterocycles. The lowest BCUT2D eigenvalue weighted by atomic mass is 10.0. The van der Waals surface area contributed by atoms with Crippen LogP contribution >= 0.6 is 0 Å². The van der Waals surface area contributed by atoms with Gasteiger partial charge < -0.3 is 0 Å². The molecular formula is C20H13FNO3S. The maximum absolute atomic E-state index is 13.5. The molecule has 6 heteroatoms. The van der Waals surface area contributed by atoms with E-state index in [2.05, 4.69) is 6.08 Å². The zero-order chi connectivity index (χ0) is 18.5. The Labute approximate surface area is 150 Å². The number of hydrogen-bond acceptors (Lipinski definition) is 3. The second-order valence-corrected chi connectivity index (χ2v) is 7.92. The van der Waals surface area contributed by atoms with E-state index < -0.39 is 21.6 Å². The van der Waals surface area contributed by atoms with Gasteiger partial charge in [0.05, 0.1) is 4.90 Å². The third kappa shape index (κ3) is 2.50. The third-order valence-corrected chi connectivity index (χ3v) is 6.19.